The Kier molecular flexibility index (Phi) is 40.8. The lowest BCUT2D eigenvalue weighted by atomic mass is 9.96. The number of para-hydroxylation sites is 1. The van der Waals surface area contributed by atoms with E-state index in [1.54, 1.807) is 72.0 Å². The zero-order valence-corrected chi connectivity index (χ0v) is 68.7. The molecule has 1 aromatic heterocycles. The number of nitrogens with two attached hydrogens (primary N) is 1. The molecule has 24 N–H and O–H groups in total. The minimum atomic E-state index is -2.13. The molecule has 40 nitrogen and oxygen atoms in total. The number of benzene rings is 1. The van der Waals surface area contributed by atoms with Crippen LogP contribution in [-0.4, -0.2) is 267 Å². The Bertz CT molecular complexity index is 3770. The maximum Gasteiger partial charge on any atom is 0.325 e. The number of hydrogen-bond donors (Lipinski definition) is 23. The Morgan fingerprint density at radius 3 is 1.91 bits per heavy atom. The number of amides is 17. The summed E-state index contributed by atoms with van der Waals surface area (Å²) in [5, 5.41) is 85.1. The van der Waals surface area contributed by atoms with Crippen molar-refractivity contribution in [3.63, 3.8) is 0 Å². The van der Waals surface area contributed by atoms with Crippen LogP contribution >= 0.6 is 11.8 Å². The number of rotatable bonds is 40. The lowest BCUT2D eigenvalue weighted by Crippen LogP contribution is -2.63. The van der Waals surface area contributed by atoms with Gasteiger partial charge in [-0.1, -0.05) is 85.4 Å². The number of hydrogen-bond acceptors (Lipinski definition) is 22. The smallest absolute Gasteiger partial charge is 0.325 e. The average Bonchev–Trinajstić information content (AvgIpc) is 1.69. The quantitative estimate of drug-likeness (QED) is 0.0220. The van der Waals surface area contributed by atoms with Gasteiger partial charge in [-0.15, -0.1) is 0 Å². The van der Waals surface area contributed by atoms with E-state index in [0.717, 1.165) is 39.4 Å². The molecule has 117 heavy (non-hydrogen) atoms. The van der Waals surface area contributed by atoms with Crippen LogP contribution in [0.5, 0.6) is 0 Å². The summed E-state index contributed by atoms with van der Waals surface area (Å²) in [6.07, 6.45) is 2.17. The number of unbranched alkanes of at least 4 members (excludes halogenated alkanes) is 4. The molecule has 3 aliphatic heterocycles. The van der Waals surface area contributed by atoms with E-state index in [1.807, 2.05) is 11.8 Å². The highest BCUT2D eigenvalue weighted by Gasteiger charge is 2.44. The molecule has 17 amide bonds. The molecule has 4 heterocycles. The second kappa shape index (κ2) is 49.1. The normalized spacial score (nSPS) is 22.8. The molecular formula is C76H121N19O21S. The molecule has 3 aliphatic rings. The number of urea groups is 1. The molecule has 0 aliphatic carbocycles. The number of aliphatic hydroxyl groups is 3. The van der Waals surface area contributed by atoms with Gasteiger partial charge in [0.25, 0.3) is 0 Å². The lowest BCUT2D eigenvalue weighted by Gasteiger charge is -2.30. The first-order valence-corrected chi connectivity index (χ1v) is 41.1. The minimum absolute atomic E-state index is 0.0227. The third-order valence-corrected chi connectivity index (χ3v) is 22.0. The van der Waals surface area contributed by atoms with Gasteiger partial charge in [0.15, 0.2) is 0 Å². The van der Waals surface area contributed by atoms with Crippen molar-refractivity contribution in [1.29, 1.82) is 0 Å². The van der Waals surface area contributed by atoms with Crippen molar-refractivity contribution in [3.8, 4) is 0 Å². The highest BCUT2D eigenvalue weighted by molar-refractivity contribution is 8.00. The number of carboxylic acids is 1. The van der Waals surface area contributed by atoms with Crippen molar-refractivity contribution >= 4 is 123 Å². The van der Waals surface area contributed by atoms with Crippen molar-refractivity contribution in [2.24, 2.45) is 23.5 Å². The molecule has 41 heteroatoms. The molecule has 0 bridgehead atoms. The van der Waals surface area contributed by atoms with E-state index in [4.69, 9.17) is 5.73 Å². The summed E-state index contributed by atoms with van der Waals surface area (Å²) in [6.45, 7) is 9.96. The van der Waals surface area contributed by atoms with Gasteiger partial charge in [-0.2, -0.15) is 11.8 Å². The van der Waals surface area contributed by atoms with Crippen LogP contribution < -0.4 is 96.1 Å². The van der Waals surface area contributed by atoms with Gasteiger partial charge in [-0.05, 0) is 108 Å². The van der Waals surface area contributed by atoms with E-state index in [-0.39, 0.29) is 75.0 Å². The first-order chi connectivity index (χ1) is 55.5. The zero-order chi connectivity index (χ0) is 86.8. The van der Waals surface area contributed by atoms with Crippen molar-refractivity contribution in [1.82, 2.24) is 95.4 Å². The van der Waals surface area contributed by atoms with Gasteiger partial charge >= 0.3 is 12.0 Å². The fourth-order valence-corrected chi connectivity index (χ4v) is 14.7. The van der Waals surface area contributed by atoms with Gasteiger partial charge in [0.2, 0.25) is 88.6 Å². The third kappa shape index (κ3) is 31.9. The van der Waals surface area contributed by atoms with Crippen LogP contribution in [0.4, 0.5) is 4.79 Å². The highest BCUT2D eigenvalue weighted by atomic mass is 32.2. The molecule has 0 radical (unpaired) electrons. The Morgan fingerprint density at radius 2 is 1.25 bits per heavy atom. The first kappa shape index (κ1) is 97.3. The van der Waals surface area contributed by atoms with E-state index in [9.17, 15) is 102 Å². The fourth-order valence-electron chi connectivity index (χ4n) is 13.2. The summed E-state index contributed by atoms with van der Waals surface area (Å²) < 4.78 is 0. The Balaban J connectivity index is 1.41. The number of carboxylic acid groups (broad SMARTS) is 1. The maximum absolute atomic E-state index is 14.8. The van der Waals surface area contributed by atoms with Crippen LogP contribution in [0.1, 0.15) is 164 Å². The number of aromatic nitrogens is 1. The summed E-state index contributed by atoms with van der Waals surface area (Å²) in [6, 6.07) is -11.5. The molecule has 18 atom stereocenters. The van der Waals surface area contributed by atoms with Crippen molar-refractivity contribution in [3.05, 3.63) is 36.0 Å². The monoisotopic (exact) mass is 1670 g/mol. The summed E-state index contributed by atoms with van der Waals surface area (Å²) in [4.78, 5) is 238. The predicted molar refractivity (Wildman–Crippen MR) is 427 cm³/mol. The Hall–Kier alpha value is -10.3. The molecule has 2 aromatic rings. The largest absolute Gasteiger partial charge is 0.480 e. The van der Waals surface area contributed by atoms with Crippen LogP contribution in [0, 0.1) is 17.8 Å². The Labute approximate surface area is 683 Å². The van der Waals surface area contributed by atoms with E-state index >= 15 is 0 Å². The van der Waals surface area contributed by atoms with Crippen LogP contribution in [0.15, 0.2) is 30.5 Å². The summed E-state index contributed by atoms with van der Waals surface area (Å²) >= 11 is 1.82. The van der Waals surface area contributed by atoms with Crippen molar-refractivity contribution < 1.29 is 102 Å². The van der Waals surface area contributed by atoms with E-state index in [1.165, 1.54) is 0 Å². The number of nitrogens with one attached hydrogen (secondary N) is 18. The van der Waals surface area contributed by atoms with E-state index in [0.29, 0.717) is 73.2 Å². The molecular weight excluding hydrogens is 1550 g/mol. The number of carbonyl (C=O) groups is 17. The number of H-pyrrole nitrogens is 1. The number of thioether (sulfide) groups is 1. The molecule has 0 saturated carbocycles. The number of aliphatic hydroxyl groups excluding tert-OH is 3. The van der Waals surface area contributed by atoms with Crippen LogP contribution in [0.25, 0.3) is 10.9 Å². The molecule has 652 valence electrons. The average molecular weight is 1670 g/mol. The topological polar surface area (TPSA) is 617 Å². The standard InChI is InChI=1S/C76H121N19O21S/c1-10-39(5)60(91-56(100)26-13-12-20-28-78-55(99)25-17-16-24-54-64-53(37-117-54)90-76(116)95-64)71(110)87-49(30-44-32-79-46-22-15-14-21-45(44)46)65(104)81-35-59(103)85-51-33-80-57(101)31-50(69(108)93-63(43(9)98)74(113)94-62(42(8)97)73(112)83-41(7)75(114)115)88-72(111)61(40(6)11-2)92-68(107)48(29-38(3)4)86-67(106)47(23-18-19-27-77)84-58(102)34-82-66(105)52(36-96)89-70(51)109/h14-15,21-22,32,38-43,47-54,60-64,79,96-98H,10-13,16-20,23-31,33-37,77H2,1-9H3,(H,78,99)(H,80,101)(H,81,104)(H,82,105)(H,83,112)(H,84,102)(H,85,103)(H,86,106)(H,87,110)(H,88,111)(H,89,109)(H,91,100)(H,92,107)(H,93,108)(H,94,113)(H,114,115)(H2,90,95,116)/t39-,40-,41-,42+,43+,47-,48-,49-,50-,51-,52-,53-,54-,60-,61-,62-,63-,64-/m0/s1. The van der Waals surface area contributed by atoms with Gasteiger partial charge < -0.3 is 122 Å². The zero-order valence-electron chi connectivity index (χ0n) is 67.8. The first-order valence-electron chi connectivity index (χ1n) is 40.0. The predicted octanol–water partition coefficient (Wildman–Crippen LogP) is -4.68. The highest BCUT2D eigenvalue weighted by Crippen LogP contribution is 2.33. The van der Waals surface area contributed by atoms with Gasteiger partial charge in [-0.25, -0.2) is 4.79 Å². The summed E-state index contributed by atoms with van der Waals surface area (Å²) in [5.41, 5.74) is 6.97. The Morgan fingerprint density at radius 1 is 0.598 bits per heavy atom. The number of fused-ring (bicyclic) bond motifs is 2. The number of aliphatic carboxylic acids is 1. The van der Waals surface area contributed by atoms with Gasteiger partial charge in [0.05, 0.1) is 50.4 Å². The molecule has 0 unspecified atom stereocenters. The van der Waals surface area contributed by atoms with Crippen molar-refractivity contribution in [2.45, 2.75) is 261 Å². The van der Waals surface area contributed by atoms with Crippen LogP contribution in [0.2, 0.25) is 0 Å². The molecule has 5 rings (SSSR count). The van der Waals surface area contributed by atoms with Gasteiger partial charge in [-0.3, -0.25) is 76.7 Å². The minimum Gasteiger partial charge on any atom is -0.480 e. The second-order valence-electron chi connectivity index (χ2n) is 30.4. The summed E-state index contributed by atoms with van der Waals surface area (Å²) in [5.74, 6) is -17.2. The van der Waals surface area contributed by atoms with Crippen molar-refractivity contribution in [2.75, 3.05) is 45.1 Å². The van der Waals surface area contributed by atoms with Crippen LogP contribution in [-0.2, 0) is 83.1 Å². The number of aromatic amines is 1. The maximum atomic E-state index is 14.8. The molecule has 0 spiro atoms. The number of carbonyl (C=O) groups excluding carboxylic acids is 16. The third-order valence-electron chi connectivity index (χ3n) is 20.5. The molecule has 3 fully saturated rings. The van der Waals surface area contributed by atoms with Gasteiger partial charge in [0.1, 0.15) is 66.5 Å². The molecule has 1 aromatic carbocycles. The van der Waals surface area contributed by atoms with E-state index in [2.05, 4.69) is 95.4 Å². The SMILES string of the molecule is CC[C@H](C)[C@H](NC(=O)CCCCCNC(=O)CCCC[C@@H]1SC[C@@H]2NC(=O)N[C@@H]21)C(=O)N[C@@H](Cc1c[nH]c2ccccc12)C(=O)NCC(=O)N[C@H]1CNC(=O)C[C@@H](C(=O)N[C@H](C(=O)N[C@H](C(=O)N[C@@H](C)C(=O)O)[C@@H](C)O)[C@@H](C)O)NC(=O)[C@H]([C@@H](C)CC)NC(=O)[C@H](CC(C)C)NC(=O)[C@H](CCCCN)NC(=O)CNC(=O)[C@H](CO)NC1=O. The van der Waals surface area contributed by atoms with Gasteiger partial charge in [0, 0.05) is 60.5 Å². The summed E-state index contributed by atoms with van der Waals surface area (Å²) in [7, 11) is 0. The van der Waals surface area contributed by atoms with Crippen LogP contribution in [0.3, 0.4) is 0 Å². The second-order valence-corrected chi connectivity index (χ2v) is 31.7. The fraction of sp³-hybridized carbons (Fsp3) is 0.671. The molecule has 3 saturated heterocycles. The lowest BCUT2D eigenvalue weighted by molar-refractivity contribution is -0.142. The van der Waals surface area contributed by atoms with E-state index < -0.39 is 212 Å².